The number of carbonyl (C=O) groups excluding carboxylic acids is 1. The van der Waals surface area contributed by atoms with Crippen LogP contribution in [0.3, 0.4) is 0 Å². The minimum atomic E-state index is 0.0954. The molecule has 2 N–H and O–H groups in total. The van der Waals surface area contributed by atoms with Gasteiger partial charge in [0.25, 0.3) is 5.91 Å². The fourth-order valence-electron chi connectivity index (χ4n) is 2.75. The third-order valence-corrected chi connectivity index (χ3v) is 3.75. The zero-order valence-electron chi connectivity index (χ0n) is 11.2. The Bertz CT molecular complexity index is 596. The van der Waals surface area contributed by atoms with E-state index in [4.69, 9.17) is 0 Å². The van der Waals surface area contributed by atoms with Gasteiger partial charge < -0.3 is 10.2 Å². The first-order valence-electron chi connectivity index (χ1n) is 6.63. The number of rotatable bonds is 1. The van der Waals surface area contributed by atoms with Gasteiger partial charge in [0.05, 0.1) is 11.7 Å². The molecule has 1 aliphatic rings. The summed E-state index contributed by atoms with van der Waals surface area (Å²) in [4.78, 5) is 14.6. The molecule has 2 aromatic rings. The maximum absolute atomic E-state index is 12.6. The number of amides is 1. The van der Waals surface area contributed by atoms with Crippen molar-refractivity contribution in [1.29, 1.82) is 0 Å². The van der Waals surface area contributed by atoms with E-state index in [-0.39, 0.29) is 18.0 Å². The molecule has 2 heterocycles. The van der Waals surface area contributed by atoms with Crippen molar-refractivity contribution in [1.82, 2.24) is 20.4 Å². The first-order chi connectivity index (χ1) is 9.16. The van der Waals surface area contributed by atoms with E-state index in [0.29, 0.717) is 0 Å². The Morgan fingerprint density at radius 1 is 1.32 bits per heavy atom. The Morgan fingerprint density at radius 3 is 2.79 bits per heavy atom. The van der Waals surface area contributed by atoms with Crippen LogP contribution in [0.4, 0.5) is 0 Å². The number of benzene rings is 1. The lowest BCUT2D eigenvalue weighted by molar-refractivity contribution is 0.0544. The molecule has 3 rings (SSSR count). The Labute approximate surface area is 112 Å². The lowest BCUT2D eigenvalue weighted by atomic mass is 10.1. The van der Waals surface area contributed by atoms with Crippen LogP contribution in [0.15, 0.2) is 24.4 Å². The zero-order valence-corrected chi connectivity index (χ0v) is 11.2. The number of fused-ring (bicyclic) bond motifs is 1. The average Bonchev–Trinajstić information content (AvgIpc) is 2.85. The summed E-state index contributed by atoms with van der Waals surface area (Å²) in [5.41, 5.74) is 1.62. The van der Waals surface area contributed by atoms with Crippen molar-refractivity contribution >= 4 is 16.8 Å². The molecule has 1 amide bonds. The van der Waals surface area contributed by atoms with Gasteiger partial charge in [-0.2, -0.15) is 5.10 Å². The highest BCUT2D eigenvalue weighted by Gasteiger charge is 2.29. The molecule has 2 unspecified atom stereocenters. The van der Waals surface area contributed by atoms with Gasteiger partial charge in [-0.05, 0) is 26.0 Å². The van der Waals surface area contributed by atoms with Gasteiger partial charge >= 0.3 is 0 Å². The van der Waals surface area contributed by atoms with Crippen molar-refractivity contribution in [2.24, 2.45) is 0 Å². The van der Waals surface area contributed by atoms with Gasteiger partial charge in [-0.1, -0.05) is 6.07 Å². The molecule has 100 valence electrons. The molecule has 1 fully saturated rings. The molecular formula is C14H18N4O. The minimum absolute atomic E-state index is 0.0954. The lowest BCUT2D eigenvalue weighted by Crippen LogP contribution is -2.57. The fraction of sp³-hybridized carbons (Fsp3) is 0.429. The maximum Gasteiger partial charge on any atom is 0.254 e. The summed E-state index contributed by atoms with van der Waals surface area (Å²) in [6.07, 6.45) is 1.76. The smallest absolute Gasteiger partial charge is 0.254 e. The number of nitrogens with zero attached hydrogens (tertiary/aromatic N) is 2. The highest BCUT2D eigenvalue weighted by atomic mass is 16.2. The summed E-state index contributed by atoms with van der Waals surface area (Å²) in [5.74, 6) is 0.0954. The quantitative estimate of drug-likeness (QED) is 0.812. The molecule has 0 aliphatic carbocycles. The Kier molecular flexibility index (Phi) is 2.98. The summed E-state index contributed by atoms with van der Waals surface area (Å²) in [6.45, 7) is 5.86. The molecule has 1 aromatic heterocycles. The maximum atomic E-state index is 12.6. The number of H-pyrrole nitrogens is 1. The molecule has 1 saturated heterocycles. The molecule has 0 radical (unpaired) electrons. The van der Waals surface area contributed by atoms with Gasteiger partial charge in [-0.25, -0.2) is 0 Å². The molecular weight excluding hydrogens is 240 g/mol. The molecule has 2 atom stereocenters. The van der Waals surface area contributed by atoms with Crippen molar-refractivity contribution in [3.63, 3.8) is 0 Å². The van der Waals surface area contributed by atoms with Crippen molar-refractivity contribution in [2.45, 2.75) is 25.9 Å². The van der Waals surface area contributed by atoms with Gasteiger partial charge in [0.15, 0.2) is 0 Å². The van der Waals surface area contributed by atoms with Crippen molar-refractivity contribution < 1.29 is 4.79 Å². The second-order valence-electron chi connectivity index (χ2n) is 5.24. The molecule has 0 spiro atoms. The lowest BCUT2D eigenvalue weighted by Gasteiger charge is -2.39. The topological polar surface area (TPSA) is 61.0 Å². The van der Waals surface area contributed by atoms with E-state index in [9.17, 15) is 4.79 Å². The summed E-state index contributed by atoms with van der Waals surface area (Å²) >= 11 is 0. The van der Waals surface area contributed by atoms with Crippen LogP contribution in [0, 0.1) is 0 Å². The number of aromatic amines is 1. The number of hydrogen-bond donors (Lipinski definition) is 2. The second kappa shape index (κ2) is 4.66. The summed E-state index contributed by atoms with van der Waals surface area (Å²) in [5, 5.41) is 11.3. The van der Waals surface area contributed by atoms with E-state index in [1.165, 1.54) is 0 Å². The van der Waals surface area contributed by atoms with Crippen LogP contribution in [0.25, 0.3) is 10.9 Å². The van der Waals surface area contributed by atoms with E-state index in [1.54, 1.807) is 6.20 Å². The number of nitrogens with one attached hydrogen (secondary N) is 2. The molecule has 19 heavy (non-hydrogen) atoms. The van der Waals surface area contributed by atoms with Crippen molar-refractivity contribution in [2.75, 3.05) is 13.1 Å². The second-order valence-corrected chi connectivity index (χ2v) is 5.24. The third-order valence-electron chi connectivity index (χ3n) is 3.75. The minimum Gasteiger partial charge on any atom is -0.331 e. The number of piperazine rings is 1. The Balaban J connectivity index is 1.93. The molecule has 5 nitrogen and oxygen atoms in total. The first kappa shape index (κ1) is 12.2. The monoisotopic (exact) mass is 258 g/mol. The highest BCUT2D eigenvalue weighted by molar-refractivity contribution is 5.98. The van der Waals surface area contributed by atoms with Crippen LogP contribution in [0.5, 0.6) is 0 Å². The van der Waals surface area contributed by atoms with Crippen LogP contribution >= 0.6 is 0 Å². The van der Waals surface area contributed by atoms with Gasteiger partial charge in [-0.15, -0.1) is 0 Å². The molecule has 5 heteroatoms. The zero-order chi connectivity index (χ0) is 13.4. The normalized spacial score (nSPS) is 23.8. The number of carbonyl (C=O) groups is 1. The van der Waals surface area contributed by atoms with E-state index >= 15 is 0 Å². The summed E-state index contributed by atoms with van der Waals surface area (Å²) < 4.78 is 0. The van der Waals surface area contributed by atoms with Crippen LogP contribution in [0.1, 0.15) is 24.2 Å². The standard InChI is InChI=1S/C14H18N4O/c1-9-6-15-7-10(2)18(9)14(19)11-3-4-12-8-16-17-13(12)5-11/h3-5,8-10,15H,6-7H2,1-2H3,(H,16,17). The van der Waals surface area contributed by atoms with E-state index < -0.39 is 0 Å². The largest absolute Gasteiger partial charge is 0.331 e. The molecule has 1 aliphatic heterocycles. The van der Waals surface area contributed by atoms with Crippen LogP contribution in [-0.2, 0) is 0 Å². The van der Waals surface area contributed by atoms with E-state index in [0.717, 1.165) is 29.6 Å². The first-order valence-corrected chi connectivity index (χ1v) is 6.63. The highest BCUT2D eigenvalue weighted by Crippen LogP contribution is 2.18. The summed E-state index contributed by atoms with van der Waals surface area (Å²) in [6, 6.07) is 6.12. The van der Waals surface area contributed by atoms with Gasteiger partial charge in [-0.3, -0.25) is 9.89 Å². The summed E-state index contributed by atoms with van der Waals surface area (Å²) in [7, 11) is 0. The third kappa shape index (κ3) is 2.10. The Hall–Kier alpha value is -1.88. The fourth-order valence-corrected chi connectivity index (χ4v) is 2.75. The van der Waals surface area contributed by atoms with Gasteiger partial charge in [0.1, 0.15) is 0 Å². The van der Waals surface area contributed by atoms with E-state index in [2.05, 4.69) is 29.4 Å². The molecule has 0 bridgehead atoms. The Morgan fingerprint density at radius 2 is 2.05 bits per heavy atom. The number of aromatic nitrogens is 2. The van der Waals surface area contributed by atoms with Crippen molar-refractivity contribution in [3.05, 3.63) is 30.0 Å². The van der Waals surface area contributed by atoms with Crippen LogP contribution < -0.4 is 5.32 Å². The molecule has 1 aromatic carbocycles. The SMILES string of the molecule is CC1CNCC(C)N1C(=O)c1ccc2cn[nH]c2c1. The number of hydrogen-bond acceptors (Lipinski definition) is 3. The van der Waals surface area contributed by atoms with Crippen molar-refractivity contribution in [3.8, 4) is 0 Å². The van der Waals surface area contributed by atoms with Gasteiger partial charge in [0.2, 0.25) is 0 Å². The van der Waals surface area contributed by atoms with E-state index in [1.807, 2.05) is 23.1 Å². The predicted octanol–water partition coefficient (Wildman–Crippen LogP) is 1.39. The van der Waals surface area contributed by atoms with Crippen LogP contribution in [-0.4, -0.2) is 46.2 Å². The molecule has 0 saturated carbocycles. The average molecular weight is 258 g/mol. The van der Waals surface area contributed by atoms with Gasteiger partial charge in [0, 0.05) is 36.1 Å². The van der Waals surface area contributed by atoms with Crippen LogP contribution in [0.2, 0.25) is 0 Å². The predicted molar refractivity (Wildman–Crippen MR) is 74.1 cm³/mol.